The molecule has 4 heteroatoms. The summed E-state index contributed by atoms with van der Waals surface area (Å²) >= 11 is 5.81. The molecule has 0 fully saturated rings. The van der Waals surface area contributed by atoms with E-state index in [0.717, 1.165) is 25.0 Å². The maximum absolute atomic E-state index is 5.81. The zero-order valence-corrected chi connectivity index (χ0v) is 10.2. The van der Waals surface area contributed by atoms with Gasteiger partial charge in [-0.1, -0.05) is 41.9 Å². The van der Waals surface area contributed by atoms with E-state index in [0.29, 0.717) is 5.15 Å². The van der Waals surface area contributed by atoms with E-state index in [9.17, 15) is 0 Å². The molecule has 1 aromatic carbocycles. The molecule has 0 radical (unpaired) electrons. The van der Waals surface area contributed by atoms with Crippen LogP contribution in [0.1, 0.15) is 17.7 Å². The molecule has 3 nitrogen and oxygen atoms in total. The third kappa shape index (κ3) is 3.71. The van der Waals surface area contributed by atoms with Crippen LogP contribution in [0, 0.1) is 0 Å². The molecule has 0 aliphatic carbocycles. The van der Waals surface area contributed by atoms with Crippen molar-refractivity contribution in [1.82, 2.24) is 9.97 Å². The molecule has 2 rings (SSSR count). The highest BCUT2D eigenvalue weighted by atomic mass is 35.5. The van der Waals surface area contributed by atoms with Crippen LogP contribution in [-0.2, 0) is 12.8 Å². The predicted molar refractivity (Wildman–Crippen MR) is 69.9 cm³/mol. The molecule has 0 aliphatic heterocycles. The van der Waals surface area contributed by atoms with E-state index >= 15 is 0 Å². The van der Waals surface area contributed by atoms with Crippen LogP contribution in [0.15, 0.2) is 36.4 Å². The van der Waals surface area contributed by atoms with Gasteiger partial charge in [-0.15, -0.1) is 0 Å². The van der Waals surface area contributed by atoms with Crippen LogP contribution >= 0.6 is 11.6 Å². The number of hydrogen-bond acceptors (Lipinski definition) is 3. The van der Waals surface area contributed by atoms with Gasteiger partial charge in [0.2, 0.25) is 5.95 Å². The van der Waals surface area contributed by atoms with E-state index < -0.39 is 0 Å². The van der Waals surface area contributed by atoms with E-state index in [2.05, 4.69) is 34.2 Å². The van der Waals surface area contributed by atoms with Gasteiger partial charge < -0.3 is 5.73 Å². The van der Waals surface area contributed by atoms with Crippen LogP contribution in [0.3, 0.4) is 0 Å². The second kappa shape index (κ2) is 5.64. The van der Waals surface area contributed by atoms with Crippen molar-refractivity contribution >= 4 is 17.5 Å². The van der Waals surface area contributed by atoms with Gasteiger partial charge in [-0.25, -0.2) is 9.97 Å². The fourth-order valence-corrected chi connectivity index (χ4v) is 1.94. The molecule has 2 aromatic rings. The lowest BCUT2D eigenvalue weighted by molar-refractivity contribution is 0.797. The maximum Gasteiger partial charge on any atom is 0.221 e. The second-order valence-corrected chi connectivity index (χ2v) is 4.27. The minimum Gasteiger partial charge on any atom is -0.368 e. The van der Waals surface area contributed by atoms with Gasteiger partial charge in [0.15, 0.2) is 0 Å². The SMILES string of the molecule is Nc1nc(Cl)cc(CCCc2ccccc2)n1. The third-order valence-corrected chi connectivity index (χ3v) is 2.70. The largest absolute Gasteiger partial charge is 0.368 e. The number of benzene rings is 1. The van der Waals surface area contributed by atoms with Gasteiger partial charge in [-0.05, 0) is 30.9 Å². The molecule has 0 atom stereocenters. The minimum atomic E-state index is 0.243. The smallest absolute Gasteiger partial charge is 0.221 e. The van der Waals surface area contributed by atoms with Crippen molar-refractivity contribution in [2.45, 2.75) is 19.3 Å². The molecular formula is C13H14ClN3. The number of aryl methyl sites for hydroxylation is 2. The van der Waals surface area contributed by atoms with Crippen molar-refractivity contribution in [1.29, 1.82) is 0 Å². The Labute approximate surface area is 106 Å². The molecule has 17 heavy (non-hydrogen) atoms. The van der Waals surface area contributed by atoms with Gasteiger partial charge >= 0.3 is 0 Å². The fraction of sp³-hybridized carbons (Fsp3) is 0.231. The monoisotopic (exact) mass is 247 g/mol. The number of hydrogen-bond donors (Lipinski definition) is 1. The second-order valence-electron chi connectivity index (χ2n) is 3.88. The molecular weight excluding hydrogens is 234 g/mol. The summed E-state index contributed by atoms with van der Waals surface area (Å²) in [6.45, 7) is 0. The Hall–Kier alpha value is -1.61. The molecule has 0 aliphatic rings. The average Bonchev–Trinajstić information content (AvgIpc) is 2.29. The number of nitrogens with zero attached hydrogens (tertiary/aromatic N) is 2. The molecule has 0 unspecified atom stereocenters. The topological polar surface area (TPSA) is 51.8 Å². The van der Waals surface area contributed by atoms with Gasteiger partial charge in [0.05, 0.1) is 0 Å². The first-order valence-electron chi connectivity index (χ1n) is 5.57. The normalized spacial score (nSPS) is 10.4. The molecule has 1 aromatic heterocycles. The van der Waals surface area contributed by atoms with Crippen LogP contribution < -0.4 is 5.73 Å². The van der Waals surface area contributed by atoms with Gasteiger partial charge in [-0.2, -0.15) is 0 Å². The zero-order chi connectivity index (χ0) is 12.1. The van der Waals surface area contributed by atoms with Crippen LogP contribution in [0.25, 0.3) is 0 Å². The predicted octanol–water partition coefficient (Wildman–Crippen LogP) is 2.89. The summed E-state index contributed by atoms with van der Waals surface area (Å²) in [6.07, 6.45) is 2.92. The Kier molecular flexibility index (Phi) is 3.94. The van der Waals surface area contributed by atoms with E-state index in [4.69, 9.17) is 17.3 Å². The summed E-state index contributed by atoms with van der Waals surface area (Å²) in [7, 11) is 0. The molecule has 0 amide bonds. The molecule has 0 saturated heterocycles. The van der Waals surface area contributed by atoms with Gasteiger partial charge in [0.25, 0.3) is 0 Å². The van der Waals surface area contributed by atoms with Crippen molar-refractivity contribution < 1.29 is 0 Å². The lowest BCUT2D eigenvalue weighted by Gasteiger charge is -2.03. The van der Waals surface area contributed by atoms with E-state index in [1.807, 2.05) is 6.07 Å². The van der Waals surface area contributed by atoms with Crippen LogP contribution in [0.4, 0.5) is 5.95 Å². The first-order chi connectivity index (χ1) is 8.24. The molecule has 2 N–H and O–H groups in total. The third-order valence-electron chi connectivity index (χ3n) is 2.51. The molecule has 0 spiro atoms. The Morgan fingerprint density at radius 1 is 1.06 bits per heavy atom. The quantitative estimate of drug-likeness (QED) is 0.846. The number of rotatable bonds is 4. The molecule has 0 saturated carbocycles. The van der Waals surface area contributed by atoms with Gasteiger partial charge in [0.1, 0.15) is 5.15 Å². The first-order valence-corrected chi connectivity index (χ1v) is 5.95. The van der Waals surface area contributed by atoms with Crippen molar-refractivity contribution in [2.75, 3.05) is 5.73 Å². The van der Waals surface area contributed by atoms with E-state index in [1.54, 1.807) is 6.07 Å². The summed E-state index contributed by atoms with van der Waals surface area (Å²) in [5.41, 5.74) is 7.77. The van der Waals surface area contributed by atoms with Crippen LogP contribution in [0.5, 0.6) is 0 Å². The highest BCUT2D eigenvalue weighted by Crippen LogP contribution is 2.11. The molecule has 0 bridgehead atoms. The standard InChI is InChI=1S/C13H14ClN3/c14-12-9-11(16-13(15)17-12)8-4-7-10-5-2-1-3-6-10/h1-3,5-6,9H,4,7-8H2,(H2,15,16,17). The number of aromatic nitrogens is 2. The number of nitrogen functional groups attached to an aromatic ring is 1. The lowest BCUT2D eigenvalue weighted by Crippen LogP contribution is -2.00. The minimum absolute atomic E-state index is 0.243. The number of nitrogens with two attached hydrogens (primary N) is 1. The summed E-state index contributed by atoms with van der Waals surface area (Å²) in [6, 6.07) is 12.1. The summed E-state index contributed by atoms with van der Waals surface area (Å²) in [4.78, 5) is 7.98. The Morgan fingerprint density at radius 2 is 1.82 bits per heavy atom. The molecule has 88 valence electrons. The van der Waals surface area contributed by atoms with Crippen LogP contribution in [0.2, 0.25) is 5.15 Å². The van der Waals surface area contributed by atoms with Crippen molar-refractivity contribution in [3.8, 4) is 0 Å². The Bertz CT molecular complexity index is 465. The highest BCUT2D eigenvalue weighted by Gasteiger charge is 2.01. The van der Waals surface area contributed by atoms with Gasteiger partial charge in [0, 0.05) is 5.69 Å². The summed E-state index contributed by atoms with van der Waals surface area (Å²) in [5, 5.41) is 0.409. The van der Waals surface area contributed by atoms with Crippen molar-refractivity contribution in [3.05, 3.63) is 52.8 Å². The van der Waals surface area contributed by atoms with E-state index in [-0.39, 0.29) is 5.95 Å². The Balaban J connectivity index is 1.90. The molecule has 1 heterocycles. The van der Waals surface area contributed by atoms with E-state index in [1.165, 1.54) is 5.56 Å². The highest BCUT2D eigenvalue weighted by molar-refractivity contribution is 6.29. The summed E-state index contributed by atoms with van der Waals surface area (Å²) in [5.74, 6) is 0.243. The average molecular weight is 248 g/mol. The lowest BCUT2D eigenvalue weighted by atomic mass is 10.1. The fourth-order valence-electron chi connectivity index (χ4n) is 1.73. The zero-order valence-electron chi connectivity index (χ0n) is 9.44. The van der Waals surface area contributed by atoms with Gasteiger partial charge in [-0.3, -0.25) is 0 Å². The van der Waals surface area contributed by atoms with Crippen molar-refractivity contribution in [3.63, 3.8) is 0 Å². The maximum atomic E-state index is 5.81. The van der Waals surface area contributed by atoms with Crippen LogP contribution in [-0.4, -0.2) is 9.97 Å². The Morgan fingerprint density at radius 3 is 2.53 bits per heavy atom. The summed E-state index contributed by atoms with van der Waals surface area (Å²) < 4.78 is 0. The number of halogens is 1. The first kappa shape index (κ1) is 11.9. The van der Waals surface area contributed by atoms with Crippen molar-refractivity contribution in [2.24, 2.45) is 0 Å². The number of anilines is 1.